The third-order valence-electron chi connectivity index (χ3n) is 5.25. The van der Waals surface area contributed by atoms with E-state index in [1.807, 2.05) is 4.90 Å². The molecule has 29 heavy (non-hydrogen) atoms. The lowest BCUT2D eigenvalue weighted by molar-refractivity contribution is -0.118. The number of nitrogens with zero attached hydrogens (tertiary/aromatic N) is 6. The van der Waals surface area contributed by atoms with Gasteiger partial charge in [-0.05, 0) is 12.1 Å². The lowest BCUT2D eigenvalue weighted by Crippen LogP contribution is -2.50. The Morgan fingerprint density at radius 3 is 2.24 bits per heavy atom. The summed E-state index contributed by atoms with van der Waals surface area (Å²) in [6.45, 7) is 4.33. The first kappa shape index (κ1) is 18.9. The van der Waals surface area contributed by atoms with Crippen molar-refractivity contribution in [2.24, 2.45) is 0 Å². The highest BCUT2D eigenvalue weighted by atomic mass is 16.3. The van der Waals surface area contributed by atoms with E-state index >= 15 is 0 Å². The van der Waals surface area contributed by atoms with Crippen LogP contribution in [0.2, 0.25) is 0 Å². The van der Waals surface area contributed by atoms with Gasteiger partial charge in [0, 0.05) is 58.4 Å². The summed E-state index contributed by atoms with van der Waals surface area (Å²) in [5, 5.41) is 0. The third-order valence-corrected chi connectivity index (χ3v) is 5.25. The maximum Gasteiger partial charge on any atom is 0.289 e. The van der Waals surface area contributed by atoms with Crippen molar-refractivity contribution in [2.45, 2.75) is 0 Å². The van der Waals surface area contributed by atoms with E-state index in [1.165, 1.54) is 12.6 Å². The van der Waals surface area contributed by atoms with Crippen molar-refractivity contribution in [2.75, 3.05) is 57.3 Å². The van der Waals surface area contributed by atoms with Gasteiger partial charge in [0.25, 0.3) is 11.8 Å². The zero-order valence-electron chi connectivity index (χ0n) is 15.9. The second-order valence-electron chi connectivity index (χ2n) is 6.95. The van der Waals surface area contributed by atoms with Crippen LogP contribution in [0.1, 0.15) is 21.0 Å². The predicted molar refractivity (Wildman–Crippen MR) is 102 cm³/mol. The van der Waals surface area contributed by atoms with Crippen LogP contribution in [0.4, 0.5) is 5.82 Å². The molecule has 0 atom stereocenters. The standard InChI is InChI=1S/C19H22N6O4/c26-14-22-3-5-23(6-4-22)17-12-15(20-13-21-17)18(27)24-7-9-25(10-8-24)19(28)16-2-1-11-29-16/h1-2,11-14H,3-10H2. The smallest absolute Gasteiger partial charge is 0.289 e. The number of carbonyl (C=O) groups excluding carboxylic acids is 3. The molecule has 4 rings (SSSR count). The number of rotatable bonds is 4. The largest absolute Gasteiger partial charge is 0.459 e. The zero-order valence-corrected chi connectivity index (χ0v) is 15.9. The van der Waals surface area contributed by atoms with E-state index in [0.717, 1.165) is 6.41 Å². The Labute approximate surface area is 167 Å². The van der Waals surface area contributed by atoms with Crippen LogP contribution in [0, 0.1) is 0 Å². The lowest BCUT2D eigenvalue weighted by Gasteiger charge is -2.35. The summed E-state index contributed by atoms with van der Waals surface area (Å²) in [4.78, 5) is 51.6. The topological polar surface area (TPSA) is 103 Å². The Balaban J connectivity index is 1.37. The van der Waals surface area contributed by atoms with Gasteiger partial charge in [0.15, 0.2) is 5.76 Å². The highest BCUT2D eigenvalue weighted by Crippen LogP contribution is 2.16. The van der Waals surface area contributed by atoms with Crippen molar-refractivity contribution in [3.05, 3.63) is 42.2 Å². The molecule has 2 aromatic heterocycles. The molecule has 3 amide bonds. The van der Waals surface area contributed by atoms with Gasteiger partial charge >= 0.3 is 0 Å². The van der Waals surface area contributed by atoms with E-state index < -0.39 is 0 Å². The number of hydrogen-bond donors (Lipinski definition) is 0. The first-order valence-corrected chi connectivity index (χ1v) is 9.54. The molecule has 2 aliphatic heterocycles. The minimum atomic E-state index is -0.176. The quantitative estimate of drug-likeness (QED) is 0.665. The normalized spacial score (nSPS) is 17.4. The highest BCUT2D eigenvalue weighted by molar-refractivity contribution is 5.94. The van der Waals surface area contributed by atoms with Crippen LogP contribution in [0.5, 0.6) is 0 Å². The van der Waals surface area contributed by atoms with Crippen molar-refractivity contribution < 1.29 is 18.8 Å². The summed E-state index contributed by atoms with van der Waals surface area (Å²) in [6, 6.07) is 5.01. The summed E-state index contributed by atoms with van der Waals surface area (Å²) < 4.78 is 5.16. The van der Waals surface area contributed by atoms with Gasteiger partial charge in [-0.2, -0.15) is 0 Å². The van der Waals surface area contributed by atoms with Crippen molar-refractivity contribution in [3.8, 4) is 0 Å². The van der Waals surface area contributed by atoms with Crippen LogP contribution >= 0.6 is 0 Å². The molecule has 2 aromatic rings. The van der Waals surface area contributed by atoms with Gasteiger partial charge in [0.05, 0.1) is 6.26 Å². The third kappa shape index (κ3) is 4.05. The molecule has 152 valence electrons. The van der Waals surface area contributed by atoms with Crippen molar-refractivity contribution in [1.82, 2.24) is 24.7 Å². The molecule has 10 nitrogen and oxygen atoms in total. The Bertz CT molecular complexity index is 871. The molecule has 0 unspecified atom stereocenters. The number of anilines is 1. The summed E-state index contributed by atoms with van der Waals surface area (Å²) in [6.07, 6.45) is 3.71. The molecule has 4 heterocycles. The summed E-state index contributed by atoms with van der Waals surface area (Å²) in [5.41, 5.74) is 0.332. The van der Waals surface area contributed by atoms with Gasteiger partial charge in [-0.25, -0.2) is 9.97 Å². The number of aromatic nitrogens is 2. The van der Waals surface area contributed by atoms with Crippen LogP contribution in [0.15, 0.2) is 35.2 Å². The van der Waals surface area contributed by atoms with Crippen molar-refractivity contribution in [1.29, 1.82) is 0 Å². The van der Waals surface area contributed by atoms with E-state index in [2.05, 4.69) is 9.97 Å². The summed E-state index contributed by atoms with van der Waals surface area (Å²) >= 11 is 0. The van der Waals surface area contributed by atoms with E-state index in [4.69, 9.17) is 4.42 Å². The molecule has 0 spiro atoms. The molecule has 2 aliphatic rings. The predicted octanol–water partition coefficient (Wildman–Crippen LogP) is -0.0538. The molecule has 0 N–H and O–H groups in total. The SMILES string of the molecule is O=CN1CCN(c2cc(C(=O)N3CCN(C(=O)c4ccco4)CC3)ncn2)CC1. The van der Waals surface area contributed by atoms with Gasteiger partial charge in [-0.3, -0.25) is 14.4 Å². The second-order valence-corrected chi connectivity index (χ2v) is 6.95. The maximum atomic E-state index is 12.9. The molecule has 0 radical (unpaired) electrons. The van der Waals surface area contributed by atoms with Crippen LogP contribution in [0.25, 0.3) is 0 Å². The van der Waals surface area contributed by atoms with E-state index in [0.29, 0.717) is 69.6 Å². The van der Waals surface area contributed by atoms with Gasteiger partial charge in [-0.15, -0.1) is 0 Å². The van der Waals surface area contributed by atoms with Gasteiger partial charge in [0.2, 0.25) is 6.41 Å². The average molecular weight is 398 g/mol. The Morgan fingerprint density at radius 1 is 0.931 bits per heavy atom. The molecular formula is C19H22N6O4. The number of carbonyl (C=O) groups is 3. The minimum absolute atomic E-state index is 0.166. The van der Waals surface area contributed by atoms with Crippen molar-refractivity contribution >= 4 is 24.0 Å². The van der Waals surface area contributed by atoms with Gasteiger partial charge < -0.3 is 24.0 Å². The average Bonchev–Trinajstić information content (AvgIpc) is 3.33. The fourth-order valence-electron chi connectivity index (χ4n) is 3.52. The molecule has 0 aliphatic carbocycles. The fourth-order valence-corrected chi connectivity index (χ4v) is 3.52. The molecule has 0 aromatic carbocycles. The van der Waals surface area contributed by atoms with E-state index in [1.54, 1.807) is 32.9 Å². The van der Waals surface area contributed by atoms with Crippen LogP contribution in [0.3, 0.4) is 0 Å². The van der Waals surface area contributed by atoms with Gasteiger partial charge in [-0.1, -0.05) is 0 Å². The summed E-state index contributed by atoms with van der Waals surface area (Å²) in [7, 11) is 0. The van der Waals surface area contributed by atoms with Crippen LogP contribution in [-0.4, -0.2) is 95.3 Å². The molecular weight excluding hydrogens is 376 g/mol. The first-order chi connectivity index (χ1) is 14.2. The zero-order chi connectivity index (χ0) is 20.2. The number of piperazine rings is 2. The Hall–Kier alpha value is -3.43. The van der Waals surface area contributed by atoms with Crippen molar-refractivity contribution in [3.63, 3.8) is 0 Å². The molecule has 0 saturated carbocycles. The lowest BCUT2D eigenvalue weighted by atomic mass is 10.2. The number of furan rings is 1. The molecule has 2 saturated heterocycles. The number of amides is 3. The molecule has 2 fully saturated rings. The van der Waals surface area contributed by atoms with E-state index in [9.17, 15) is 14.4 Å². The van der Waals surface area contributed by atoms with Crippen LogP contribution < -0.4 is 4.90 Å². The minimum Gasteiger partial charge on any atom is -0.459 e. The summed E-state index contributed by atoms with van der Waals surface area (Å²) in [5.74, 6) is 0.645. The fraction of sp³-hybridized carbons (Fsp3) is 0.421. The number of hydrogen-bond acceptors (Lipinski definition) is 7. The maximum absolute atomic E-state index is 12.9. The molecule has 0 bridgehead atoms. The highest BCUT2D eigenvalue weighted by Gasteiger charge is 2.27. The molecule has 10 heteroatoms. The Morgan fingerprint density at radius 2 is 1.62 bits per heavy atom. The first-order valence-electron chi connectivity index (χ1n) is 9.54. The van der Waals surface area contributed by atoms with Gasteiger partial charge in [0.1, 0.15) is 17.8 Å². The second kappa shape index (κ2) is 8.29. The Kier molecular flexibility index (Phi) is 5.41. The monoisotopic (exact) mass is 398 g/mol. The van der Waals surface area contributed by atoms with E-state index in [-0.39, 0.29) is 11.8 Å². The van der Waals surface area contributed by atoms with Crippen LogP contribution in [-0.2, 0) is 4.79 Å².